The molecule has 5 aromatic rings. The van der Waals surface area contributed by atoms with Crippen LogP contribution in [0.1, 0.15) is 20.8 Å². The van der Waals surface area contributed by atoms with Crippen molar-refractivity contribution in [2.45, 2.75) is 13.1 Å². The molecule has 0 amide bonds. The SMILES string of the molecule is COc1ccc(C(=O)n2nc(-c3cccn(Cc4ccccc4)c3=O)cc2NCc2ccc(Cl)s2)c(OC)c1. The fourth-order valence-electron chi connectivity index (χ4n) is 4.14. The third-order valence-electron chi connectivity index (χ3n) is 6.11. The monoisotopic (exact) mass is 560 g/mol. The molecule has 0 aliphatic rings. The lowest BCUT2D eigenvalue weighted by molar-refractivity contribution is 0.0944. The van der Waals surface area contributed by atoms with Crippen molar-refractivity contribution in [1.82, 2.24) is 14.3 Å². The van der Waals surface area contributed by atoms with Crippen LogP contribution in [0.25, 0.3) is 11.3 Å². The number of methoxy groups -OCH3 is 2. The van der Waals surface area contributed by atoms with Gasteiger partial charge in [-0.1, -0.05) is 41.9 Å². The van der Waals surface area contributed by atoms with Crippen molar-refractivity contribution in [3.8, 4) is 22.8 Å². The lowest BCUT2D eigenvalue weighted by Gasteiger charge is -2.12. The molecule has 0 unspecified atom stereocenters. The Hall–Kier alpha value is -4.34. The number of anilines is 1. The summed E-state index contributed by atoms with van der Waals surface area (Å²) < 4.78 is 14.3. The van der Waals surface area contributed by atoms with Gasteiger partial charge in [-0.3, -0.25) is 9.59 Å². The minimum Gasteiger partial charge on any atom is -0.497 e. The van der Waals surface area contributed by atoms with Gasteiger partial charge in [0.1, 0.15) is 23.0 Å². The molecular weight excluding hydrogens is 536 g/mol. The molecule has 0 atom stereocenters. The van der Waals surface area contributed by atoms with Crippen LogP contribution in [0.2, 0.25) is 4.34 Å². The van der Waals surface area contributed by atoms with Gasteiger partial charge in [-0.25, -0.2) is 0 Å². The fraction of sp³-hybridized carbons (Fsp3) is 0.138. The van der Waals surface area contributed by atoms with E-state index >= 15 is 0 Å². The van der Waals surface area contributed by atoms with E-state index in [1.54, 1.807) is 54.3 Å². The third kappa shape index (κ3) is 5.74. The summed E-state index contributed by atoms with van der Waals surface area (Å²) in [4.78, 5) is 28.2. The minimum atomic E-state index is -0.423. The number of nitrogens with one attached hydrogen (secondary N) is 1. The number of carbonyl (C=O) groups excluding carboxylic acids is 1. The van der Waals surface area contributed by atoms with E-state index in [9.17, 15) is 9.59 Å². The van der Waals surface area contributed by atoms with Gasteiger partial charge < -0.3 is 19.4 Å². The number of pyridine rings is 1. The average Bonchev–Trinajstić information content (AvgIpc) is 3.58. The lowest BCUT2D eigenvalue weighted by atomic mass is 10.1. The molecule has 0 aliphatic carbocycles. The Morgan fingerprint density at radius 3 is 2.54 bits per heavy atom. The molecule has 0 saturated heterocycles. The van der Waals surface area contributed by atoms with Crippen LogP contribution in [-0.4, -0.2) is 34.5 Å². The van der Waals surface area contributed by atoms with Crippen molar-refractivity contribution in [3.05, 3.63) is 116 Å². The molecule has 0 aliphatic heterocycles. The topological polar surface area (TPSA) is 87.4 Å². The van der Waals surface area contributed by atoms with Gasteiger partial charge in [0.15, 0.2) is 0 Å². The first-order valence-corrected chi connectivity index (χ1v) is 13.2. The van der Waals surface area contributed by atoms with Crippen molar-refractivity contribution in [1.29, 1.82) is 0 Å². The Kier molecular flexibility index (Phi) is 7.81. The van der Waals surface area contributed by atoms with Crippen molar-refractivity contribution in [3.63, 3.8) is 0 Å². The molecule has 0 bridgehead atoms. The summed E-state index contributed by atoms with van der Waals surface area (Å²) in [6.07, 6.45) is 1.74. The van der Waals surface area contributed by atoms with Crippen LogP contribution in [0, 0.1) is 0 Å². The van der Waals surface area contributed by atoms with Gasteiger partial charge in [0.25, 0.3) is 11.5 Å². The number of thiophene rings is 1. The van der Waals surface area contributed by atoms with Crippen LogP contribution in [-0.2, 0) is 13.1 Å². The number of halogens is 1. The largest absolute Gasteiger partial charge is 0.497 e. The quantitative estimate of drug-likeness (QED) is 0.245. The Bertz CT molecular complexity index is 1680. The summed E-state index contributed by atoms with van der Waals surface area (Å²) in [5, 5.41) is 7.86. The first kappa shape index (κ1) is 26.3. The van der Waals surface area contributed by atoms with Crippen molar-refractivity contribution in [2.24, 2.45) is 0 Å². The number of aromatic nitrogens is 3. The smallest absolute Gasteiger partial charge is 0.283 e. The zero-order valence-electron chi connectivity index (χ0n) is 21.3. The first-order valence-electron chi connectivity index (χ1n) is 12.1. The molecular formula is C29H25ClN4O4S. The zero-order chi connectivity index (χ0) is 27.4. The normalized spacial score (nSPS) is 10.8. The molecule has 5 rings (SSSR count). The highest BCUT2D eigenvalue weighted by molar-refractivity contribution is 7.16. The summed E-state index contributed by atoms with van der Waals surface area (Å²) in [6, 6.07) is 23.6. The number of hydrogen-bond donors (Lipinski definition) is 1. The second-order valence-corrected chi connectivity index (χ2v) is 10.4. The standard InChI is InChI=1S/C29H25ClN4O4S/c1-37-20-10-12-23(25(15-20)38-2)29(36)34-27(31-17-21-11-13-26(30)39-21)16-24(32-34)22-9-6-14-33(28(22)35)18-19-7-4-3-5-8-19/h3-16,31H,17-18H2,1-2H3. The summed E-state index contributed by atoms with van der Waals surface area (Å²) in [5.74, 6) is 0.904. The number of nitrogens with zero attached hydrogens (tertiary/aromatic N) is 3. The van der Waals surface area contributed by atoms with Gasteiger partial charge in [-0.15, -0.1) is 11.3 Å². The highest BCUT2D eigenvalue weighted by Crippen LogP contribution is 2.28. The summed E-state index contributed by atoms with van der Waals surface area (Å²) in [6.45, 7) is 0.836. The maximum absolute atomic E-state index is 13.7. The molecule has 1 N–H and O–H groups in total. The fourth-order valence-corrected chi connectivity index (χ4v) is 5.17. The Morgan fingerprint density at radius 1 is 1.00 bits per heavy atom. The van der Waals surface area contributed by atoms with Crippen LogP contribution in [0.4, 0.5) is 5.82 Å². The Balaban J connectivity index is 1.55. The molecule has 0 radical (unpaired) electrons. The number of hydrogen-bond acceptors (Lipinski definition) is 7. The maximum Gasteiger partial charge on any atom is 0.283 e. The molecule has 3 aromatic heterocycles. The van der Waals surface area contributed by atoms with Crippen molar-refractivity contribution in [2.75, 3.05) is 19.5 Å². The second kappa shape index (κ2) is 11.6. The molecule has 0 spiro atoms. The third-order valence-corrected chi connectivity index (χ3v) is 7.34. The molecule has 39 heavy (non-hydrogen) atoms. The van der Waals surface area contributed by atoms with E-state index in [2.05, 4.69) is 10.4 Å². The second-order valence-electron chi connectivity index (χ2n) is 8.60. The van der Waals surface area contributed by atoms with E-state index in [0.717, 1.165) is 10.4 Å². The van der Waals surface area contributed by atoms with E-state index < -0.39 is 5.91 Å². The predicted molar refractivity (Wildman–Crippen MR) is 153 cm³/mol. The highest BCUT2D eigenvalue weighted by atomic mass is 35.5. The van der Waals surface area contributed by atoms with Crippen LogP contribution < -0.4 is 20.3 Å². The number of benzene rings is 2. The molecule has 2 aromatic carbocycles. The highest BCUT2D eigenvalue weighted by Gasteiger charge is 2.22. The first-order chi connectivity index (χ1) is 19.0. The van der Waals surface area contributed by atoms with E-state index in [0.29, 0.717) is 51.6 Å². The molecule has 198 valence electrons. The van der Waals surface area contributed by atoms with E-state index in [1.807, 2.05) is 42.5 Å². The van der Waals surface area contributed by atoms with Gasteiger partial charge in [-0.2, -0.15) is 9.78 Å². The van der Waals surface area contributed by atoms with Gasteiger partial charge in [0.2, 0.25) is 0 Å². The summed E-state index contributed by atoms with van der Waals surface area (Å²) in [7, 11) is 3.03. The van der Waals surface area contributed by atoms with E-state index in [1.165, 1.54) is 23.1 Å². The number of rotatable bonds is 9. The Morgan fingerprint density at radius 2 is 1.82 bits per heavy atom. The van der Waals surface area contributed by atoms with Crippen LogP contribution in [0.3, 0.4) is 0 Å². The summed E-state index contributed by atoms with van der Waals surface area (Å²) >= 11 is 7.53. The van der Waals surface area contributed by atoms with Crippen molar-refractivity contribution >= 4 is 34.7 Å². The average molecular weight is 561 g/mol. The Labute approximate surface area is 234 Å². The zero-order valence-corrected chi connectivity index (χ0v) is 22.8. The van der Waals surface area contributed by atoms with Crippen LogP contribution in [0.15, 0.2) is 89.9 Å². The van der Waals surface area contributed by atoms with E-state index in [-0.39, 0.29) is 5.56 Å². The molecule has 0 fully saturated rings. The predicted octanol–water partition coefficient (Wildman–Crippen LogP) is 5.79. The molecule has 8 nitrogen and oxygen atoms in total. The van der Waals surface area contributed by atoms with Gasteiger partial charge in [-0.05, 0) is 42.0 Å². The van der Waals surface area contributed by atoms with Gasteiger partial charge in [0, 0.05) is 23.2 Å². The number of carbonyl (C=O) groups is 1. The molecule has 3 heterocycles. The van der Waals surface area contributed by atoms with E-state index in [4.69, 9.17) is 21.1 Å². The van der Waals surface area contributed by atoms with Crippen molar-refractivity contribution < 1.29 is 14.3 Å². The van der Waals surface area contributed by atoms with Gasteiger partial charge in [0.05, 0.1) is 42.8 Å². The summed E-state index contributed by atoms with van der Waals surface area (Å²) in [5.41, 5.74) is 1.83. The van der Waals surface area contributed by atoms with Crippen LogP contribution >= 0.6 is 22.9 Å². The van der Waals surface area contributed by atoms with Crippen LogP contribution in [0.5, 0.6) is 11.5 Å². The molecule has 0 saturated carbocycles. The molecule has 10 heteroatoms. The minimum absolute atomic E-state index is 0.211. The number of ether oxygens (including phenoxy) is 2. The lowest BCUT2D eigenvalue weighted by Crippen LogP contribution is -2.22. The maximum atomic E-state index is 13.7. The van der Waals surface area contributed by atoms with Gasteiger partial charge >= 0.3 is 0 Å².